The quantitative estimate of drug-likeness (QED) is 0.832. The second-order valence-corrected chi connectivity index (χ2v) is 9.00. The molecule has 2 heterocycles. The summed E-state index contributed by atoms with van der Waals surface area (Å²) in [4.78, 5) is 15.1. The number of thiophene rings is 1. The first-order valence-electron chi connectivity index (χ1n) is 7.75. The van der Waals surface area contributed by atoms with Crippen molar-refractivity contribution < 1.29 is 13.2 Å². The van der Waals surface area contributed by atoms with Gasteiger partial charge in [0.25, 0.3) is 5.91 Å². The molecule has 0 radical (unpaired) electrons. The average molecular weight is 361 g/mol. The number of sulfone groups is 1. The van der Waals surface area contributed by atoms with E-state index in [2.05, 4.69) is 13.8 Å². The maximum absolute atomic E-state index is 12.9. The van der Waals surface area contributed by atoms with Crippen LogP contribution in [-0.4, -0.2) is 26.1 Å². The predicted molar refractivity (Wildman–Crippen MR) is 98.4 cm³/mol. The fourth-order valence-electron chi connectivity index (χ4n) is 2.72. The Balaban J connectivity index is 1.99. The molecule has 0 saturated carbocycles. The predicted octanol–water partition coefficient (Wildman–Crippen LogP) is 3.83. The van der Waals surface area contributed by atoms with Crippen LogP contribution in [0.3, 0.4) is 0 Å². The summed E-state index contributed by atoms with van der Waals surface area (Å²) in [5, 5.41) is 3.05. The summed E-state index contributed by atoms with van der Waals surface area (Å²) in [6, 6.07) is 10.9. The maximum atomic E-state index is 12.9. The second-order valence-electron chi connectivity index (χ2n) is 6.12. The number of hydrogen-bond acceptors (Lipinski definition) is 4. The van der Waals surface area contributed by atoms with Crippen LogP contribution < -0.4 is 4.90 Å². The third-order valence-corrected chi connectivity index (χ3v) is 6.27. The van der Waals surface area contributed by atoms with Crippen LogP contribution >= 0.6 is 11.3 Å². The third-order valence-electron chi connectivity index (χ3n) is 4.03. The molecule has 0 bridgehead atoms. The van der Waals surface area contributed by atoms with Gasteiger partial charge in [0.2, 0.25) is 0 Å². The molecule has 1 aliphatic heterocycles. The fraction of sp³-hybridized carbons (Fsp3) is 0.278. The van der Waals surface area contributed by atoms with E-state index >= 15 is 0 Å². The molecule has 0 fully saturated rings. The van der Waals surface area contributed by atoms with Gasteiger partial charge in [-0.25, -0.2) is 8.42 Å². The van der Waals surface area contributed by atoms with Crippen molar-refractivity contribution in [2.75, 3.05) is 10.7 Å². The van der Waals surface area contributed by atoms with E-state index in [1.54, 1.807) is 17.0 Å². The van der Waals surface area contributed by atoms with E-state index in [9.17, 15) is 13.2 Å². The summed E-state index contributed by atoms with van der Waals surface area (Å²) in [5.74, 6) is 0.150. The van der Waals surface area contributed by atoms with E-state index in [4.69, 9.17) is 0 Å². The van der Waals surface area contributed by atoms with E-state index in [1.807, 2.05) is 35.7 Å². The third kappa shape index (κ3) is 3.44. The summed E-state index contributed by atoms with van der Waals surface area (Å²) in [5.41, 5.74) is 1.89. The number of carbonyl (C=O) groups is 1. The summed E-state index contributed by atoms with van der Waals surface area (Å²) < 4.78 is 23.6. The van der Waals surface area contributed by atoms with Crippen LogP contribution in [0, 0.1) is 0 Å². The van der Waals surface area contributed by atoms with Crippen molar-refractivity contribution in [3.05, 3.63) is 63.7 Å². The number of hydrogen-bond donors (Lipinski definition) is 0. The molecule has 0 unspecified atom stereocenters. The van der Waals surface area contributed by atoms with Gasteiger partial charge in [-0.1, -0.05) is 32.0 Å². The molecule has 1 amide bonds. The highest BCUT2D eigenvalue weighted by Gasteiger charge is 2.32. The highest BCUT2D eigenvalue weighted by atomic mass is 32.2. The summed E-state index contributed by atoms with van der Waals surface area (Å²) in [7, 11) is -3.24. The first kappa shape index (κ1) is 16.9. The van der Waals surface area contributed by atoms with Crippen LogP contribution in [0.25, 0.3) is 0 Å². The maximum Gasteiger partial charge on any atom is 0.268 e. The zero-order valence-electron chi connectivity index (χ0n) is 13.5. The Morgan fingerprint density at radius 2 is 1.92 bits per heavy atom. The lowest BCUT2D eigenvalue weighted by molar-refractivity contribution is 0.0987. The SMILES string of the molecule is CC(C)c1ccc(N(C(=O)c2cccs2)[C@@H]2C=CS(=O)(=O)C2)cc1. The first-order chi connectivity index (χ1) is 11.4. The van der Waals surface area contributed by atoms with Crippen molar-refractivity contribution in [2.45, 2.75) is 25.8 Å². The summed E-state index contributed by atoms with van der Waals surface area (Å²) in [6.07, 6.45) is 1.59. The lowest BCUT2D eigenvalue weighted by atomic mass is 10.0. The average Bonchev–Trinajstić information content (AvgIpc) is 3.18. The van der Waals surface area contributed by atoms with Gasteiger partial charge in [-0.05, 0) is 41.1 Å². The van der Waals surface area contributed by atoms with Gasteiger partial charge in [0.15, 0.2) is 9.84 Å². The van der Waals surface area contributed by atoms with E-state index in [1.165, 1.54) is 22.3 Å². The lowest BCUT2D eigenvalue weighted by Crippen LogP contribution is -2.41. The molecule has 2 aromatic rings. The van der Waals surface area contributed by atoms with Crippen molar-refractivity contribution in [3.8, 4) is 0 Å². The van der Waals surface area contributed by atoms with Crippen LogP contribution in [0.1, 0.15) is 35.0 Å². The normalized spacial score (nSPS) is 18.9. The first-order valence-corrected chi connectivity index (χ1v) is 10.3. The molecule has 0 spiro atoms. The Labute approximate surface area is 146 Å². The monoisotopic (exact) mass is 361 g/mol. The van der Waals surface area contributed by atoms with Crippen LogP contribution in [0.2, 0.25) is 0 Å². The van der Waals surface area contributed by atoms with E-state index in [0.29, 0.717) is 16.5 Å². The molecule has 126 valence electrons. The van der Waals surface area contributed by atoms with E-state index in [0.717, 1.165) is 0 Å². The van der Waals surface area contributed by atoms with Crippen molar-refractivity contribution >= 4 is 32.8 Å². The van der Waals surface area contributed by atoms with Crippen molar-refractivity contribution in [3.63, 3.8) is 0 Å². The highest BCUT2D eigenvalue weighted by Crippen LogP contribution is 2.27. The molecule has 1 aliphatic rings. The molecule has 0 saturated heterocycles. The Morgan fingerprint density at radius 1 is 1.21 bits per heavy atom. The highest BCUT2D eigenvalue weighted by molar-refractivity contribution is 7.94. The molecule has 1 aromatic carbocycles. The molecule has 3 rings (SSSR count). The molecule has 1 atom stereocenters. The standard InChI is InChI=1S/C18H19NO3S2/c1-13(2)14-5-7-15(8-6-14)19(16-9-11-24(21,22)12-16)18(20)17-4-3-10-23-17/h3-11,13,16H,12H2,1-2H3/t16-/m1/s1. The van der Waals surface area contributed by atoms with Crippen LogP contribution in [0.15, 0.2) is 53.3 Å². The Bertz CT molecular complexity index is 850. The number of benzene rings is 1. The molecule has 24 heavy (non-hydrogen) atoms. The Morgan fingerprint density at radius 3 is 2.42 bits per heavy atom. The molecule has 6 heteroatoms. The molecule has 0 aliphatic carbocycles. The van der Waals surface area contributed by atoms with Crippen molar-refractivity contribution in [2.24, 2.45) is 0 Å². The number of rotatable bonds is 4. The largest absolute Gasteiger partial charge is 0.300 e. The second kappa shape index (κ2) is 6.53. The minimum absolute atomic E-state index is 0.0734. The summed E-state index contributed by atoms with van der Waals surface area (Å²) >= 11 is 1.36. The van der Waals surface area contributed by atoms with Gasteiger partial charge in [-0.15, -0.1) is 11.3 Å². The molecular formula is C18H19NO3S2. The minimum Gasteiger partial charge on any atom is -0.300 e. The van der Waals surface area contributed by atoms with E-state index < -0.39 is 15.9 Å². The van der Waals surface area contributed by atoms with Gasteiger partial charge >= 0.3 is 0 Å². The van der Waals surface area contributed by atoms with Gasteiger partial charge in [0.1, 0.15) is 0 Å². The molecule has 1 aromatic heterocycles. The Hall–Kier alpha value is -1.92. The summed E-state index contributed by atoms with van der Waals surface area (Å²) in [6.45, 7) is 4.21. The fourth-order valence-corrected chi connectivity index (χ4v) is 4.65. The van der Waals surface area contributed by atoms with Gasteiger partial charge < -0.3 is 0 Å². The number of amides is 1. The van der Waals surface area contributed by atoms with Crippen LogP contribution in [0.4, 0.5) is 5.69 Å². The molecule has 4 nitrogen and oxygen atoms in total. The van der Waals surface area contributed by atoms with Gasteiger partial charge in [0.05, 0.1) is 16.7 Å². The molecular weight excluding hydrogens is 342 g/mol. The minimum atomic E-state index is -3.24. The van der Waals surface area contributed by atoms with Gasteiger partial charge in [0, 0.05) is 11.1 Å². The van der Waals surface area contributed by atoms with Crippen molar-refractivity contribution in [1.29, 1.82) is 0 Å². The Kier molecular flexibility index (Phi) is 4.60. The van der Waals surface area contributed by atoms with Gasteiger partial charge in [-0.2, -0.15) is 0 Å². The smallest absolute Gasteiger partial charge is 0.268 e. The topological polar surface area (TPSA) is 54.5 Å². The lowest BCUT2D eigenvalue weighted by Gasteiger charge is -2.27. The van der Waals surface area contributed by atoms with Crippen LogP contribution in [0.5, 0.6) is 0 Å². The number of carbonyl (C=O) groups excluding carboxylic acids is 1. The van der Waals surface area contributed by atoms with E-state index in [-0.39, 0.29) is 11.7 Å². The molecule has 0 N–H and O–H groups in total. The number of anilines is 1. The van der Waals surface area contributed by atoms with Crippen LogP contribution in [-0.2, 0) is 9.84 Å². The zero-order chi connectivity index (χ0) is 17.3. The van der Waals surface area contributed by atoms with Crippen molar-refractivity contribution in [1.82, 2.24) is 0 Å². The zero-order valence-corrected chi connectivity index (χ0v) is 15.2. The number of nitrogens with zero attached hydrogens (tertiary/aromatic N) is 1. The van der Waals surface area contributed by atoms with Gasteiger partial charge in [-0.3, -0.25) is 9.69 Å².